The third kappa shape index (κ3) is 2.23. The zero-order valence-electron chi connectivity index (χ0n) is 10.0. The molecule has 0 saturated carbocycles. The summed E-state index contributed by atoms with van der Waals surface area (Å²) >= 11 is 0. The van der Waals surface area contributed by atoms with Gasteiger partial charge in [0.05, 0.1) is 5.69 Å². The number of aryl methyl sites for hydroxylation is 2. The molecule has 84 valence electrons. The van der Waals surface area contributed by atoms with Crippen molar-refractivity contribution in [2.24, 2.45) is 13.0 Å². The molecule has 1 N–H and O–H groups in total. The zero-order chi connectivity index (χ0) is 10.8. The van der Waals surface area contributed by atoms with E-state index in [2.05, 4.69) is 24.3 Å². The van der Waals surface area contributed by atoms with Crippen LogP contribution in [-0.2, 0) is 13.5 Å². The number of hydrogen-bond donors (Lipinski definition) is 1. The molecule has 2 heterocycles. The highest BCUT2D eigenvalue weighted by Gasteiger charge is 2.17. The molecule has 0 spiro atoms. The van der Waals surface area contributed by atoms with Gasteiger partial charge in [0.1, 0.15) is 0 Å². The largest absolute Gasteiger partial charge is 0.316 e. The van der Waals surface area contributed by atoms with Gasteiger partial charge in [-0.1, -0.05) is 0 Å². The minimum atomic E-state index is 0.806. The monoisotopic (exact) mass is 207 g/mol. The summed E-state index contributed by atoms with van der Waals surface area (Å²) in [6, 6.07) is 0. The molecule has 1 fully saturated rings. The SMILES string of the molecule is Cc1nn(C)c(C)c1CC1CCCNC1. The Labute approximate surface area is 91.9 Å². The summed E-state index contributed by atoms with van der Waals surface area (Å²) in [5, 5.41) is 7.95. The summed E-state index contributed by atoms with van der Waals surface area (Å²) in [6.45, 7) is 6.67. The summed E-state index contributed by atoms with van der Waals surface area (Å²) in [5.41, 5.74) is 4.00. The van der Waals surface area contributed by atoms with Gasteiger partial charge in [-0.2, -0.15) is 5.10 Å². The normalized spacial score (nSPS) is 21.9. The van der Waals surface area contributed by atoms with Crippen LogP contribution in [0.5, 0.6) is 0 Å². The van der Waals surface area contributed by atoms with E-state index in [0.717, 1.165) is 5.92 Å². The fraction of sp³-hybridized carbons (Fsp3) is 0.750. The van der Waals surface area contributed by atoms with Crippen molar-refractivity contribution in [3.8, 4) is 0 Å². The van der Waals surface area contributed by atoms with Gasteiger partial charge in [-0.25, -0.2) is 0 Å². The van der Waals surface area contributed by atoms with Crippen LogP contribution in [0.25, 0.3) is 0 Å². The molecule has 0 bridgehead atoms. The Morgan fingerprint density at radius 2 is 2.27 bits per heavy atom. The predicted octanol–water partition coefficient (Wildman–Crippen LogP) is 1.58. The van der Waals surface area contributed by atoms with E-state index in [-0.39, 0.29) is 0 Å². The summed E-state index contributed by atoms with van der Waals surface area (Å²) < 4.78 is 2.00. The highest BCUT2D eigenvalue weighted by molar-refractivity contribution is 5.24. The summed E-state index contributed by atoms with van der Waals surface area (Å²) in [5.74, 6) is 0.806. The molecule has 0 aliphatic carbocycles. The number of nitrogens with one attached hydrogen (secondary N) is 1. The molecule has 15 heavy (non-hydrogen) atoms. The van der Waals surface area contributed by atoms with E-state index in [1.807, 2.05) is 11.7 Å². The molecule has 1 aliphatic rings. The van der Waals surface area contributed by atoms with Crippen molar-refractivity contribution in [3.05, 3.63) is 17.0 Å². The lowest BCUT2D eigenvalue weighted by Gasteiger charge is -2.22. The van der Waals surface area contributed by atoms with Crippen molar-refractivity contribution in [3.63, 3.8) is 0 Å². The Bertz CT molecular complexity index is 335. The van der Waals surface area contributed by atoms with Crippen LogP contribution in [0, 0.1) is 19.8 Å². The number of nitrogens with zero attached hydrogens (tertiary/aromatic N) is 2. The first-order valence-corrected chi connectivity index (χ1v) is 5.88. The van der Waals surface area contributed by atoms with Gasteiger partial charge < -0.3 is 5.32 Å². The number of rotatable bonds is 2. The molecule has 0 aromatic carbocycles. The van der Waals surface area contributed by atoms with Gasteiger partial charge in [0, 0.05) is 12.7 Å². The molecule has 1 unspecified atom stereocenters. The maximum absolute atomic E-state index is 4.47. The molecular formula is C12H21N3. The highest BCUT2D eigenvalue weighted by atomic mass is 15.3. The van der Waals surface area contributed by atoms with Crippen LogP contribution in [0.3, 0.4) is 0 Å². The van der Waals surface area contributed by atoms with Gasteiger partial charge in [-0.05, 0) is 57.7 Å². The average molecular weight is 207 g/mol. The molecule has 1 aliphatic heterocycles. The van der Waals surface area contributed by atoms with E-state index < -0.39 is 0 Å². The van der Waals surface area contributed by atoms with Crippen molar-refractivity contribution in [1.82, 2.24) is 15.1 Å². The second-order valence-corrected chi connectivity index (χ2v) is 4.69. The lowest BCUT2D eigenvalue weighted by Crippen LogP contribution is -2.31. The number of aromatic nitrogens is 2. The predicted molar refractivity (Wildman–Crippen MR) is 62.0 cm³/mol. The van der Waals surface area contributed by atoms with E-state index in [9.17, 15) is 0 Å². The van der Waals surface area contributed by atoms with E-state index in [4.69, 9.17) is 0 Å². The van der Waals surface area contributed by atoms with Crippen LogP contribution in [0.2, 0.25) is 0 Å². The summed E-state index contributed by atoms with van der Waals surface area (Å²) in [6.07, 6.45) is 3.88. The standard InChI is InChI=1S/C12H21N3/c1-9-12(10(2)15(3)14-9)7-11-5-4-6-13-8-11/h11,13H,4-8H2,1-3H3. The number of piperidine rings is 1. The first-order chi connectivity index (χ1) is 7.18. The molecule has 3 nitrogen and oxygen atoms in total. The second-order valence-electron chi connectivity index (χ2n) is 4.69. The van der Waals surface area contributed by atoms with E-state index in [0.29, 0.717) is 0 Å². The minimum absolute atomic E-state index is 0.806. The van der Waals surface area contributed by atoms with Crippen molar-refractivity contribution in [2.75, 3.05) is 13.1 Å². The van der Waals surface area contributed by atoms with Crippen LogP contribution in [-0.4, -0.2) is 22.9 Å². The van der Waals surface area contributed by atoms with Gasteiger partial charge in [0.2, 0.25) is 0 Å². The Kier molecular flexibility index (Phi) is 3.10. The molecule has 2 rings (SSSR count). The molecule has 0 radical (unpaired) electrons. The Morgan fingerprint density at radius 3 is 2.80 bits per heavy atom. The molecule has 1 atom stereocenters. The molecular weight excluding hydrogens is 186 g/mol. The fourth-order valence-corrected chi connectivity index (χ4v) is 2.50. The third-order valence-electron chi connectivity index (χ3n) is 3.55. The lowest BCUT2D eigenvalue weighted by molar-refractivity contribution is 0.375. The van der Waals surface area contributed by atoms with Crippen molar-refractivity contribution >= 4 is 0 Å². The van der Waals surface area contributed by atoms with Gasteiger partial charge in [0.25, 0.3) is 0 Å². The lowest BCUT2D eigenvalue weighted by atomic mass is 9.91. The average Bonchev–Trinajstić information content (AvgIpc) is 2.47. The van der Waals surface area contributed by atoms with Gasteiger partial charge in [-0.3, -0.25) is 4.68 Å². The van der Waals surface area contributed by atoms with E-state index in [1.165, 1.54) is 49.3 Å². The van der Waals surface area contributed by atoms with Crippen molar-refractivity contribution in [1.29, 1.82) is 0 Å². The topological polar surface area (TPSA) is 29.9 Å². The zero-order valence-corrected chi connectivity index (χ0v) is 10.0. The van der Waals surface area contributed by atoms with Gasteiger partial charge in [0.15, 0.2) is 0 Å². The van der Waals surface area contributed by atoms with Gasteiger partial charge in [-0.15, -0.1) is 0 Å². The minimum Gasteiger partial charge on any atom is -0.316 e. The maximum atomic E-state index is 4.47. The van der Waals surface area contributed by atoms with Gasteiger partial charge >= 0.3 is 0 Å². The van der Waals surface area contributed by atoms with Crippen LogP contribution >= 0.6 is 0 Å². The summed E-state index contributed by atoms with van der Waals surface area (Å²) in [7, 11) is 2.03. The molecule has 3 heteroatoms. The van der Waals surface area contributed by atoms with E-state index in [1.54, 1.807) is 0 Å². The highest BCUT2D eigenvalue weighted by Crippen LogP contribution is 2.20. The Balaban J connectivity index is 2.09. The quantitative estimate of drug-likeness (QED) is 0.798. The first-order valence-electron chi connectivity index (χ1n) is 5.88. The molecule has 0 amide bonds. The molecule has 1 aromatic heterocycles. The Morgan fingerprint density at radius 1 is 1.47 bits per heavy atom. The van der Waals surface area contributed by atoms with Crippen LogP contribution < -0.4 is 5.32 Å². The van der Waals surface area contributed by atoms with Crippen molar-refractivity contribution in [2.45, 2.75) is 33.1 Å². The smallest absolute Gasteiger partial charge is 0.0628 e. The molecule has 1 saturated heterocycles. The van der Waals surface area contributed by atoms with Crippen LogP contribution in [0.4, 0.5) is 0 Å². The van der Waals surface area contributed by atoms with Crippen molar-refractivity contribution < 1.29 is 0 Å². The fourth-order valence-electron chi connectivity index (χ4n) is 2.50. The Hall–Kier alpha value is -0.830. The molecule has 1 aromatic rings. The van der Waals surface area contributed by atoms with Crippen LogP contribution in [0.15, 0.2) is 0 Å². The maximum Gasteiger partial charge on any atom is 0.0628 e. The number of hydrogen-bond acceptors (Lipinski definition) is 2. The van der Waals surface area contributed by atoms with E-state index >= 15 is 0 Å². The van der Waals surface area contributed by atoms with Crippen LogP contribution in [0.1, 0.15) is 29.8 Å². The second kappa shape index (κ2) is 4.35. The first kappa shape index (κ1) is 10.7. The summed E-state index contributed by atoms with van der Waals surface area (Å²) in [4.78, 5) is 0. The third-order valence-corrected chi connectivity index (χ3v) is 3.55.